The van der Waals surface area contributed by atoms with Crippen molar-refractivity contribution in [3.8, 4) is 0 Å². The third-order valence-corrected chi connectivity index (χ3v) is 2.23. The maximum atomic E-state index is 3.77. The van der Waals surface area contributed by atoms with Crippen LogP contribution in [0.5, 0.6) is 0 Å². The molecule has 0 saturated heterocycles. The molecule has 0 radical (unpaired) electrons. The van der Waals surface area contributed by atoms with Gasteiger partial charge in [0.05, 0.1) is 0 Å². The van der Waals surface area contributed by atoms with E-state index in [0.717, 1.165) is 6.42 Å². The Kier molecular flexibility index (Phi) is 6.58. The summed E-state index contributed by atoms with van der Waals surface area (Å²) in [7, 11) is 0. The molecule has 0 fully saturated rings. The second-order valence-corrected chi connectivity index (χ2v) is 3.09. The number of thioether (sulfide) groups is 1. The molecule has 0 aliphatic rings. The minimum Gasteiger partial charge on any atom is -0.129 e. The third-order valence-electron chi connectivity index (χ3n) is 1.42. The third kappa shape index (κ3) is 3.63. The van der Waals surface area contributed by atoms with Crippen LogP contribution in [-0.4, -0.2) is 6.26 Å². The van der Waals surface area contributed by atoms with Crippen LogP contribution in [0.1, 0.15) is 13.3 Å². The number of rotatable bonds is 5. The summed E-state index contributed by atoms with van der Waals surface area (Å²) in [4.78, 5) is 1.22. The Morgan fingerprint density at radius 2 is 2.08 bits per heavy atom. The molecule has 0 amide bonds. The van der Waals surface area contributed by atoms with Crippen molar-refractivity contribution in [3.63, 3.8) is 0 Å². The van der Waals surface area contributed by atoms with Gasteiger partial charge >= 0.3 is 0 Å². The lowest BCUT2D eigenvalue weighted by Crippen LogP contribution is -1.80. The van der Waals surface area contributed by atoms with Crippen molar-refractivity contribution in [2.75, 3.05) is 6.26 Å². The Labute approximate surface area is 79.8 Å². The van der Waals surface area contributed by atoms with Crippen molar-refractivity contribution in [2.45, 2.75) is 13.3 Å². The van der Waals surface area contributed by atoms with Crippen molar-refractivity contribution in [3.05, 3.63) is 47.9 Å². The van der Waals surface area contributed by atoms with Crippen LogP contribution in [0.25, 0.3) is 0 Å². The van der Waals surface area contributed by atoms with Crippen LogP contribution in [0, 0.1) is 0 Å². The molecule has 0 atom stereocenters. The molecule has 1 heteroatoms. The molecule has 0 heterocycles. The van der Waals surface area contributed by atoms with Gasteiger partial charge in [0.1, 0.15) is 0 Å². The van der Waals surface area contributed by atoms with Crippen LogP contribution in [0.2, 0.25) is 0 Å². The molecule has 12 heavy (non-hydrogen) atoms. The fourth-order valence-corrected chi connectivity index (χ4v) is 1.53. The first-order chi connectivity index (χ1) is 5.79. The van der Waals surface area contributed by atoms with Crippen LogP contribution < -0.4 is 0 Å². The topological polar surface area (TPSA) is 0 Å². The maximum Gasteiger partial charge on any atom is 0.0138 e. The highest BCUT2D eigenvalue weighted by Crippen LogP contribution is 2.22. The molecular weight excluding hydrogens is 164 g/mol. The largest absolute Gasteiger partial charge is 0.129 e. The van der Waals surface area contributed by atoms with E-state index in [2.05, 4.69) is 32.4 Å². The highest BCUT2D eigenvalue weighted by atomic mass is 32.2. The maximum absolute atomic E-state index is 3.77. The Bertz CT molecular complexity index is 209. The molecule has 0 bridgehead atoms. The van der Waals surface area contributed by atoms with E-state index >= 15 is 0 Å². The minimum atomic E-state index is 1.04. The van der Waals surface area contributed by atoms with Gasteiger partial charge in [0.15, 0.2) is 0 Å². The first kappa shape index (κ1) is 11.3. The van der Waals surface area contributed by atoms with E-state index in [1.54, 1.807) is 17.8 Å². The first-order valence-corrected chi connectivity index (χ1v) is 5.22. The van der Waals surface area contributed by atoms with Crippen molar-refractivity contribution < 1.29 is 0 Å². The van der Waals surface area contributed by atoms with Crippen LogP contribution in [-0.2, 0) is 0 Å². The van der Waals surface area contributed by atoms with Crippen LogP contribution in [0.4, 0.5) is 0 Å². The number of allylic oxidation sites excluding steroid dienone is 5. The van der Waals surface area contributed by atoms with Gasteiger partial charge in [-0.2, -0.15) is 0 Å². The highest BCUT2D eigenvalue weighted by Gasteiger charge is 1.96. The van der Waals surface area contributed by atoms with Crippen molar-refractivity contribution in [1.29, 1.82) is 0 Å². The van der Waals surface area contributed by atoms with Crippen LogP contribution in [0.3, 0.4) is 0 Å². The molecule has 0 spiro atoms. The molecule has 0 aliphatic carbocycles. The zero-order valence-corrected chi connectivity index (χ0v) is 8.66. The molecule has 0 aromatic carbocycles. The van der Waals surface area contributed by atoms with Gasteiger partial charge in [-0.25, -0.2) is 0 Å². The first-order valence-electron chi connectivity index (χ1n) is 3.99. The quantitative estimate of drug-likeness (QED) is 0.577. The summed E-state index contributed by atoms with van der Waals surface area (Å²) in [6.45, 7) is 9.57. The SMILES string of the molecule is C=C/C=C(SC)\C(C=C)=C/CC. The Hall–Kier alpha value is -0.690. The molecule has 0 aliphatic heterocycles. The van der Waals surface area contributed by atoms with Gasteiger partial charge in [0.25, 0.3) is 0 Å². The van der Waals surface area contributed by atoms with Crippen molar-refractivity contribution in [1.82, 2.24) is 0 Å². The van der Waals surface area contributed by atoms with Gasteiger partial charge in [0.2, 0.25) is 0 Å². The van der Waals surface area contributed by atoms with Crippen LogP contribution >= 0.6 is 11.8 Å². The van der Waals surface area contributed by atoms with E-state index in [9.17, 15) is 0 Å². The minimum absolute atomic E-state index is 1.04. The van der Waals surface area contributed by atoms with E-state index in [1.807, 2.05) is 12.2 Å². The lowest BCUT2D eigenvalue weighted by atomic mass is 10.2. The number of hydrogen-bond acceptors (Lipinski definition) is 1. The fourth-order valence-electron chi connectivity index (χ4n) is 0.894. The van der Waals surface area contributed by atoms with Gasteiger partial charge in [-0.15, -0.1) is 11.8 Å². The zero-order chi connectivity index (χ0) is 9.40. The van der Waals surface area contributed by atoms with Gasteiger partial charge in [-0.05, 0) is 24.3 Å². The lowest BCUT2D eigenvalue weighted by molar-refractivity contribution is 1.21. The predicted octanol–water partition coefficient (Wildman–Crippen LogP) is 3.94. The summed E-state index contributed by atoms with van der Waals surface area (Å²) in [6, 6.07) is 0. The second-order valence-electron chi connectivity index (χ2n) is 2.24. The molecule has 0 aromatic heterocycles. The highest BCUT2D eigenvalue weighted by molar-refractivity contribution is 8.02. The lowest BCUT2D eigenvalue weighted by Gasteiger charge is -2.03. The smallest absolute Gasteiger partial charge is 0.0138 e. The zero-order valence-electron chi connectivity index (χ0n) is 7.84. The monoisotopic (exact) mass is 180 g/mol. The van der Waals surface area contributed by atoms with Gasteiger partial charge in [-0.3, -0.25) is 0 Å². The molecule has 0 rings (SSSR count). The summed E-state index contributed by atoms with van der Waals surface area (Å²) in [5.41, 5.74) is 1.20. The van der Waals surface area contributed by atoms with Crippen molar-refractivity contribution >= 4 is 11.8 Å². The summed E-state index contributed by atoms with van der Waals surface area (Å²) >= 11 is 1.72. The fraction of sp³-hybridized carbons (Fsp3) is 0.273. The van der Waals surface area contributed by atoms with Crippen LogP contribution in [0.15, 0.2) is 47.9 Å². The molecule has 0 saturated carbocycles. The Morgan fingerprint density at radius 3 is 2.42 bits per heavy atom. The molecule has 0 aromatic rings. The summed E-state index contributed by atoms with van der Waals surface area (Å²) in [5, 5.41) is 0. The normalized spacial score (nSPS) is 12.8. The Morgan fingerprint density at radius 1 is 1.42 bits per heavy atom. The summed E-state index contributed by atoms with van der Waals surface area (Å²) < 4.78 is 0. The van der Waals surface area contributed by atoms with E-state index in [-0.39, 0.29) is 0 Å². The average Bonchev–Trinajstić information content (AvgIpc) is 2.11. The summed E-state index contributed by atoms with van der Waals surface area (Å²) in [5.74, 6) is 0. The van der Waals surface area contributed by atoms with Gasteiger partial charge < -0.3 is 0 Å². The molecule has 0 nitrogen and oxygen atoms in total. The molecule has 0 N–H and O–H groups in total. The van der Waals surface area contributed by atoms with Gasteiger partial charge in [-0.1, -0.05) is 38.3 Å². The standard InChI is InChI=1S/C11H16S/c1-5-8-10(7-3)11(12-4)9-6-2/h6-9H,2-3,5H2,1,4H3/b10-8-,11-9+. The number of hydrogen-bond donors (Lipinski definition) is 0. The van der Waals surface area contributed by atoms with Crippen molar-refractivity contribution in [2.24, 2.45) is 0 Å². The second kappa shape index (κ2) is 6.99. The van der Waals surface area contributed by atoms with E-state index in [1.165, 1.54) is 10.5 Å². The Balaban J connectivity index is 4.67. The van der Waals surface area contributed by atoms with Gasteiger partial charge in [0, 0.05) is 4.91 Å². The van der Waals surface area contributed by atoms with E-state index < -0.39 is 0 Å². The average molecular weight is 180 g/mol. The summed E-state index contributed by atoms with van der Waals surface area (Å²) in [6.07, 6.45) is 11.0. The molecular formula is C11H16S. The molecule has 66 valence electrons. The van der Waals surface area contributed by atoms with E-state index in [0.29, 0.717) is 0 Å². The predicted molar refractivity (Wildman–Crippen MR) is 60.4 cm³/mol. The molecule has 0 unspecified atom stereocenters. The van der Waals surface area contributed by atoms with E-state index in [4.69, 9.17) is 0 Å².